The van der Waals surface area contributed by atoms with Crippen LogP contribution in [0.2, 0.25) is 5.02 Å². The van der Waals surface area contributed by atoms with Crippen LogP contribution >= 0.6 is 23.2 Å². The van der Waals surface area contributed by atoms with Gasteiger partial charge >= 0.3 is 0 Å². The van der Waals surface area contributed by atoms with Crippen molar-refractivity contribution in [3.63, 3.8) is 0 Å². The molecule has 100 valence electrons. The lowest BCUT2D eigenvalue weighted by Gasteiger charge is -2.06. The molecule has 0 aromatic heterocycles. The number of halogens is 2. The van der Waals surface area contributed by atoms with E-state index in [1.165, 1.54) is 12.1 Å². The number of rotatable bonds is 7. The Morgan fingerprint density at radius 1 is 1.22 bits per heavy atom. The van der Waals surface area contributed by atoms with Gasteiger partial charge in [-0.2, -0.15) is 0 Å². The number of carbonyl (C=O) groups excluding carboxylic acids is 1. The molecule has 1 amide bonds. The van der Waals surface area contributed by atoms with Crippen molar-refractivity contribution in [2.24, 2.45) is 0 Å². The van der Waals surface area contributed by atoms with Crippen LogP contribution in [-0.4, -0.2) is 23.4 Å². The van der Waals surface area contributed by atoms with E-state index in [1.807, 2.05) is 0 Å². The van der Waals surface area contributed by atoms with Gasteiger partial charge in [-0.15, -0.1) is 11.6 Å². The van der Waals surface area contributed by atoms with E-state index in [2.05, 4.69) is 5.32 Å². The third-order valence-corrected chi connectivity index (χ3v) is 3.05. The number of carbonyl (C=O) groups is 1. The highest BCUT2D eigenvalue weighted by atomic mass is 35.5. The van der Waals surface area contributed by atoms with Crippen LogP contribution in [0.5, 0.6) is 5.75 Å². The average molecular weight is 290 g/mol. The quantitative estimate of drug-likeness (QED) is 0.595. The van der Waals surface area contributed by atoms with E-state index in [0.717, 1.165) is 25.7 Å². The molecule has 0 aliphatic heterocycles. The zero-order valence-electron chi connectivity index (χ0n) is 10.1. The standard InChI is InChI=1S/C13H17Cl2NO2/c14-7-3-1-2-4-8-16-13(18)11-6-5-10(15)9-12(11)17/h5-6,9,17H,1-4,7-8H2,(H,16,18). The number of benzene rings is 1. The minimum atomic E-state index is -0.276. The van der Waals surface area contributed by atoms with E-state index in [-0.39, 0.29) is 17.2 Å². The summed E-state index contributed by atoms with van der Waals surface area (Å²) in [6.07, 6.45) is 4.04. The highest BCUT2D eigenvalue weighted by Gasteiger charge is 2.10. The molecule has 18 heavy (non-hydrogen) atoms. The van der Waals surface area contributed by atoms with Gasteiger partial charge in [-0.3, -0.25) is 4.79 Å². The van der Waals surface area contributed by atoms with Crippen LogP contribution in [0.25, 0.3) is 0 Å². The largest absolute Gasteiger partial charge is 0.507 e. The Bertz CT molecular complexity index is 397. The maximum atomic E-state index is 11.7. The van der Waals surface area contributed by atoms with Gasteiger partial charge in [-0.1, -0.05) is 24.4 Å². The second-order valence-corrected chi connectivity index (χ2v) is 4.83. The summed E-state index contributed by atoms with van der Waals surface area (Å²) in [7, 11) is 0. The van der Waals surface area contributed by atoms with E-state index < -0.39 is 0 Å². The lowest BCUT2D eigenvalue weighted by molar-refractivity contribution is 0.0950. The molecule has 1 aromatic rings. The first-order chi connectivity index (χ1) is 8.65. The normalized spacial score (nSPS) is 10.3. The van der Waals surface area contributed by atoms with Crippen molar-refractivity contribution in [2.75, 3.05) is 12.4 Å². The monoisotopic (exact) mass is 289 g/mol. The van der Waals surface area contributed by atoms with Gasteiger partial charge < -0.3 is 10.4 Å². The number of aromatic hydroxyl groups is 1. The van der Waals surface area contributed by atoms with Gasteiger partial charge in [-0.05, 0) is 31.0 Å². The predicted octanol–water partition coefficient (Wildman–Crippen LogP) is 3.57. The first kappa shape index (κ1) is 15.1. The number of phenolic OH excluding ortho intramolecular Hbond substituents is 1. The zero-order chi connectivity index (χ0) is 13.4. The summed E-state index contributed by atoms with van der Waals surface area (Å²) in [5.41, 5.74) is 0.250. The summed E-state index contributed by atoms with van der Waals surface area (Å²) < 4.78 is 0. The first-order valence-corrected chi connectivity index (χ1v) is 6.89. The molecule has 2 N–H and O–H groups in total. The molecule has 0 fully saturated rings. The molecule has 0 radical (unpaired) electrons. The SMILES string of the molecule is O=C(NCCCCCCCl)c1ccc(Cl)cc1O. The van der Waals surface area contributed by atoms with Crippen LogP contribution in [0.15, 0.2) is 18.2 Å². The van der Waals surface area contributed by atoms with Gasteiger partial charge in [0.1, 0.15) is 5.75 Å². The van der Waals surface area contributed by atoms with Crippen molar-refractivity contribution in [3.05, 3.63) is 28.8 Å². The van der Waals surface area contributed by atoms with Crippen LogP contribution in [0.4, 0.5) is 0 Å². The minimum absolute atomic E-state index is 0.0952. The third-order valence-electron chi connectivity index (χ3n) is 2.55. The van der Waals surface area contributed by atoms with E-state index in [9.17, 15) is 9.90 Å². The smallest absolute Gasteiger partial charge is 0.255 e. The number of phenols is 1. The highest BCUT2D eigenvalue weighted by molar-refractivity contribution is 6.30. The molecule has 5 heteroatoms. The van der Waals surface area contributed by atoms with E-state index >= 15 is 0 Å². The minimum Gasteiger partial charge on any atom is -0.507 e. The van der Waals surface area contributed by atoms with Crippen LogP contribution in [0, 0.1) is 0 Å². The molecule has 0 aliphatic carbocycles. The maximum absolute atomic E-state index is 11.7. The fraction of sp³-hybridized carbons (Fsp3) is 0.462. The van der Waals surface area contributed by atoms with Gasteiger partial charge in [0, 0.05) is 17.4 Å². The Labute approximate surface area is 117 Å². The molecule has 0 aliphatic rings. The Morgan fingerprint density at radius 3 is 2.61 bits per heavy atom. The average Bonchev–Trinajstić information content (AvgIpc) is 2.33. The fourth-order valence-electron chi connectivity index (χ4n) is 1.57. The first-order valence-electron chi connectivity index (χ1n) is 5.98. The summed E-state index contributed by atoms with van der Waals surface area (Å²) in [5, 5.41) is 12.7. The van der Waals surface area contributed by atoms with Crippen LogP contribution < -0.4 is 5.32 Å². The number of alkyl halides is 1. The highest BCUT2D eigenvalue weighted by Crippen LogP contribution is 2.21. The molecular formula is C13H17Cl2NO2. The van der Waals surface area contributed by atoms with E-state index in [0.29, 0.717) is 17.4 Å². The number of hydrogen-bond donors (Lipinski definition) is 2. The lowest BCUT2D eigenvalue weighted by Crippen LogP contribution is -2.24. The van der Waals surface area contributed by atoms with Crippen LogP contribution in [0.3, 0.4) is 0 Å². The van der Waals surface area contributed by atoms with Crippen molar-refractivity contribution in [1.82, 2.24) is 5.32 Å². The molecule has 0 saturated carbocycles. The number of hydrogen-bond acceptors (Lipinski definition) is 2. The molecule has 0 saturated heterocycles. The van der Waals surface area contributed by atoms with Gasteiger partial charge in [0.2, 0.25) is 0 Å². The Balaban J connectivity index is 2.32. The molecular weight excluding hydrogens is 273 g/mol. The topological polar surface area (TPSA) is 49.3 Å². The van der Waals surface area contributed by atoms with Crippen molar-refractivity contribution >= 4 is 29.1 Å². The summed E-state index contributed by atoms with van der Waals surface area (Å²) in [4.78, 5) is 11.7. The van der Waals surface area contributed by atoms with Gasteiger partial charge in [0.25, 0.3) is 5.91 Å². The second-order valence-electron chi connectivity index (χ2n) is 4.02. The number of unbranched alkanes of at least 4 members (excludes halogenated alkanes) is 3. The maximum Gasteiger partial charge on any atom is 0.255 e. The third kappa shape index (κ3) is 5.15. The Morgan fingerprint density at radius 2 is 1.94 bits per heavy atom. The van der Waals surface area contributed by atoms with Crippen molar-refractivity contribution < 1.29 is 9.90 Å². The molecule has 3 nitrogen and oxygen atoms in total. The molecule has 1 aromatic carbocycles. The predicted molar refractivity (Wildman–Crippen MR) is 74.6 cm³/mol. The van der Waals surface area contributed by atoms with Crippen molar-refractivity contribution in [1.29, 1.82) is 0 Å². The summed E-state index contributed by atoms with van der Waals surface area (Å²) >= 11 is 11.3. The number of nitrogens with one attached hydrogen (secondary N) is 1. The Kier molecular flexibility index (Phi) is 6.91. The molecule has 0 atom stereocenters. The van der Waals surface area contributed by atoms with Crippen LogP contribution in [-0.2, 0) is 0 Å². The summed E-state index contributed by atoms with van der Waals surface area (Å²) in [5.74, 6) is 0.314. The molecule has 0 unspecified atom stereocenters. The zero-order valence-corrected chi connectivity index (χ0v) is 11.6. The van der Waals surface area contributed by atoms with Gasteiger partial charge in [0.15, 0.2) is 0 Å². The van der Waals surface area contributed by atoms with Gasteiger partial charge in [-0.25, -0.2) is 0 Å². The van der Waals surface area contributed by atoms with Crippen molar-refractivity contribution in [3.8, 4) is 5.75 Å². The number of amides is 1. The fourth-order valence-corrected chi connectivity index (χ4v) is 1.92. The Hall–Kier alpha value is -0.930. The van der Waals surface area contributed by atoms with E-state index in [1.54, 1.807) is 6.07 Å². The van der Waals surface area contributed by atoms with E-state index in [4.69, 9.17) is 23.2 Å². The lowest BCUT2D eigenvalue weighted by atomic mass is 10.1. The van der Waals surface area contributed by atoms with Crippen molar-refractivity contribution in [2.45, 2.75) is 25.7 Å². The molecule has 0 bridgehead atoms. The van der Waals surface area contributed by atoms with Gasteiger partial charge in [0.05, 0.1) is 5.56 Å². The second kappa shape index (κ2) is 8.22. The molecule has 1 rings (SSSR count). The summed E-state index contributed by atoms with van der Waals surface area (Å²) in [6, 6.07) is 4.45. The molecule has 0 heterocycles. The summed E-state index contributed by atoms with van der Waals surface area (Å²) in [6.45, 7) is 0.600. The molecule has 0 spiro atoms. The van der Waals surface area contributed by atoms with Crippen LogP contribution in [0.1, 0.15) is 36.0 Å².